The maximum Gasteiger partial charge on any atom is 0.309 e. The van der Waals surface area contributed by atoms with E-state index in [4.69, 9.17) is 9.47 Å². The largest absolute Gasteiger partial charge is 0.494 e. The molecule has 3 aromatic rings. The molecule has 0 radical (unpaired) electrons. The van der Waals surface area contributed by atoms with E-state index < -0.39 is 0 Å². The van der Waals surface area contributed by atoms with Crippen molar-refractivity contribution < 1.29 is 19.4 Å². The van der Waals surface area contributed by atoms with E-state index in [1.165, 1.54) is 15.9 Å². The SMILES string of the molecule is CCOC(=O)C1CCN([C@H](c2ccc(OCC)cc2)c2sc3nc(CC)nn3c2O)CC1. The molecular weight excluding hydrogens is 428 g/mol. The lowest BCUT2D eigenvalue weighted by Crippen LogP contribution is -2.39. The van der Waals surface area contributed by atoms with E-state index in [-0.39, 0.29) is 23.8 Å². The molecule has 1 saturated heterocycles. The molecule has 32 heavy (non-hydrogen) atoms. The second kappa shape index (κ2) is 9.87. The standard InChI is InChI=1S/C23H30N4O4S/c1-4-18-24-23-27(25-18)21(28)20(32-23)19(15-7-9-17(10-8-15)30-5-2)26-13-11-16(12-14-26)22(29)31-6-3/h7-10,16,19,28H,4-6,11-14H2,1-3H3/t19-/m1/s1. The van der Waals surface area contributed by atoms with Gasteiger partial charge in [-0.15, -0.1) is 5.10 Å². The van der Waals surface area contributed by atoms with Crippen LogP contribution in [0.5, 0.6) is 11.6 Å². The first-order chi connectivity index (χ1) is 15.5. The number of thiazole rings is 1. The number of benzene rings is 1. The lowest BCUT2D eigenvalue weighted by Gasteiger charge is -2.36. The summed E-state index contributed by atoms with van der Waals surface area (Å²) < 4.78 is 12.4. The average Bonchev–Trinajstić information content (AvgIpc) is 3.35. The van der Waals surface area contributed by atoms with Gasteiger partial charge in [0.15, 0.2) is 5.82 Å². The summed E-state index contributed by atoms with van der Waals surface area (Å²) in [7, 11) is 0. The summed E-state index contributed by atoms with van der Waals surface area (Å²) in [5.74, 6) is 1.47. The van der Waals surface area contributed by atoms with Crippen molar-refractivity contribution in [2.24, 2.45) is 5.92 Å². The van der Waals surface area contributed by atoms with Crippen LogP contribution in [0.3, 0.4) is 0 Å². The van der Waals surface area contributed by atoms with Crippen molar-refractivity contribution in [1.82, 2.24) is 19.5 Å². The number of fused-ring (bicyclic) bond motifs is 1. The van der Waals surface area contributed by atoms with Gasteiger partial charge in [0.25, 0.3) is 0 Å². The Morgan fingerprint density at radius 1 is 1.19 bits per heavy atom. The van der Waals surface area contributed by atoms with Crippen molar-refractivity contribution in [2.45, 2.75) is 46.1 Å². The number of piperidine rings is 1. The molecule has 0 unspecified atom stereocenters. The van der Waals surface area contributed by atoms with Crippen LogP contribution in [0.1, 0.15) is 55.9 Å². The van der Waals surface area contributed by atoms with Crippen molar-refractivity contribution in [1.29, 1.82) is 0 Å². The number of hydrogen-bond acceptors (Lipinski definition) is 8. The van der Waals surface area contributed by atoms with Gasteiger partial charge in [-0.2, -0.15) is 4.52 Å². The topological polar surface area (TPSA) is 89.2 Å². The third-order valence-corrected chi connectivity index (χ3v) is 6.90. The third kappa shape index (κ3) is 4.45. The molecule has 0 spiro atoms. The van der Waals surface area contributed by atoms with Gasteiger partial charge in [0.05, 0.1) is 30.1 Å². The van der Waals surface area contributed by atoms with Crippen LogP contribution in [0.4, 0.5) is 0 Å². The number of esters is 1. The van der Waals surface area contributed by atoms with Crippen LogP contribution in [0.25, 0.3) is 4.96 Å². The molecule has 4 rings (SSSR count). The number of rotatable bonds is 8. The van der Waals surface area contributed by atoms with E-state index >= 15 is 0 Å². The molecule has 9 heteroatoms. The van der Waals surface area contributed by atoms with Crippen molar-refractivity contribution >= 4 is 22.3 Å². The van der Waals surface area contributed by atoms with Gasteiger partial charge in [-0.1, -0.05) is 30.4 Å². The van der Waals surface area contributed by atoms with Crippen molar-refractivity contribution in [3.63, 3.8) is 0 Å². The van der Waals surface area contributed by atoms with Crippen molar-refractivity contribution in [2.75, 3.05) is 26.3 Å². The molecule has 1 fully saturated rings. The fourth-order valence-corrected chi connectivity index (χ4v) is 5.35. The van der Waals surface area contributed by atoms with Gasteiger partial charge in [0, 0.05) is 6.42 Å². The van der Waals surface area contributed by atoms with Gasteiger partial charge in [0.2, 0.25) is 10.8 Å². The number of aryl methyl sites for hydroxylation is 1. The molecule has 0 amide bonds. The monoisotopic (exact) mass is 458 g/mol. The number of hydrogen-bond donors (Lipinski definition) is 1. The van der Waals surface area contributed by atoms with Gasteiger partial charge >= 0.3 is 5.97 Å². The Hall–Kier alpha value is -2.65. The second-order valence-electron chi connectivity index (χ2n) is 7.83. The van der Waals surface area contributed by atoms with Crippen LogP contribution in [0, 0.1) is 5.92 Å². The van der Waals surface area contributed by atoms with Crippen LogP contribution < -0.4 is 4.74 Å². The summed E-state index contributed by atoms with van der Waals surface area (Å²) in [5.41, 5.74) is 1.05. The number of carbonyl (C=O) groups is 1. The van der Waals surface area contributed by atoms with E-state index in [0.717, 1.165) is 42.1 Å². The van der Waals surface area contributed by atoms with Gasteiger partial charge in [-0.25, -0.2) is 4.98 Å². The van der Waals surface area contributed by atoms with Crippen LogP contribution >= 0.6 is 11.3 Å². The zero-order chi connectivity index (χ0) is 22.7. The first kappa shape index (κ1) is 22.5. The first-order valence-corrected chi connectivity index (χ1v) is 12.1. The minimum Gasteiger partial charge on any atom is -0.494 e. The molecular formula is C23H30N4O4S. The molecule has 8 nitrogen and oxygen atoms in total. The lowest BCUT2D eigenvalue weighted by atomic mass is 9.93. The number of carbonyl (C=O) groups excluding carboxylic acids is 1. The summed E-state index contributed by atoms with van der Waals surface area (Å²) in [6, 6.07) is 7.84. The fraction of sp³-hybridized carbons (Fsp3) is 0.522. The van der Waals surface area contributed by atoms with E-state index in [1.54, 1.807) is 0 Å². The Morgan fingerprint density at radius 3 is 2.50 bits per heavy atom. The van der Waals surface area contributed by atoms with E-state index in [2.05, 4.69) is 15.0 Å². The van der Waals surface area contributed by atoms with Gasteiger partial charge < -0.3 is 14.6 Å². The molecule has 0 aliphatic carbocycles. The van der Waals surface area contributed by atoms with Crippen LogP contribution in [0.15, 0.2) is 24.3 Å². The molecule has 1 atom stereocenters. The smallest absolute Gasteiger partial charge is 0.309 e. The Labute approximate surface area is 191 Å². The highest BCUT2D eigenvalue weighted by atomic mass is 32.1. The highest BCUT2D eigenvalue weighted by Gasteiger charge is 2.34. The number of nitrogens with zero attached hydrogens (tertiary/aromatic N) is 4. The van der Waals surface area contributed by atoms with E-state index in [1.807, 2.05) is 45.0 Å². The zero-order valence-electron chi connectivity index (χ0n) is 18.8. The summed E-state index contributed by atoms with van der Waals surface area (Å²) in [4.78, 5) is 20.5. The molecule has 2 aromatic heterocycles. The molecule has 1 aromatic carbocycles. The minimum atomic E-state index is -0.160. The minimum absolute atomic E-state index is 0.0739. The summed E-state index contributed by atoms with van der Waals surface area (Å²) in [6.07, 6.45) is 2.18. The molecule has 172 valence electrons. The summed E-state index contributed by atoms with van der Waals surface area (Å²) >= 11 is 1.46. The summed E-state index contributed by atoms with van der Waals surface area (Å²) in [6.45, 7) is 8.27. The maximum absolute atomic E-state index is 12.2. The normalized spacial score (nSPS) is 16.3. The Morgan fingerprint density at radius 2 is 1.91 bits per heavy atom. The van der Waals surface area contributed by atoms with E-state index in [9.17, 15) is 9.90 Å². The van der Waals surface area contributed by atoms with Crippen LogP contribution in [-0.4, -0.2) is 56.9 Å². The molecule has 3 heterocycles. The van der Waals surface area contributed by atoms with Crippen molar-refractivity contribution in [3.8, 4) is 11.6 Å². The molecule has 1 aliphatic heterocycles. The highest BCUT2D eigenvalue weighted by molar-refractivity contribution is 7.17. The molecule has 1 aliphatic rings. The van der Waals surface area contributed by atoms with Gasteiger partial charge in [-0.05, 0) is 57.5 Å². The number of aromatic hydroxyl groups is 1. The quantitative estimate of drug-likeness (QED) is 0.513. The highest BCUT2D eigenvalue weighted by Crippen LogP contribution is 2.41. The van der Waals surface area contributed by atoms with E-state index in [0.29, 0.717) is 30.4 Å². The zero-order valence-corrected chi connectivity index (χ0v) is 19.6. The Bertz CT molecular complexity index is 1050. The van der Waals surface area contributed by atoms with Gasteiger partial charge in [0.1, 0.15) is 5.75 Å². The van der Waals surface area contributed by atoms with Crippen LogP contribution in [-0.2, 0) is 16.0 Å². The Kier molecular flexibility index (Phi) is 6.95. The Balaban J connectivity index is 1.66. The number of likely N-dealkylation sites (tertiary alicyclic amines) is 1. The van der Waals surface area contributed by atoms with Gasteiger partial charge in [-0.3, -0.25) is 9.69 Å². The number of ether oxygens (including phenoxy) is 2. The second-order valence-corrected chi connectivity index (χ2v) is 8.84. The predicted octanol–water partition coefficient (Wildman–Crippen LogP) is 3.82. The van der Waals surface area contributed by atoms with Crippen molar-refractivity contribution in [3.05, 3.63) is 40.5 Å². The predicted molar refractivity (Wildman–Crippen MR) is 122 cm³/mol. The first-order valence-electron chi connectivity index (χ1n) is 11.3. The third-order valence-electron chi connectivity index (χ3n) is 5.83. The summed E-state index contributed by atoms with van der Waals surface area (Å²) in [5, 5.41) is 15.5. The number of aromatic nitrogens is 3. The van der Waals surface area contributed by atoms with Crippen LogP contribution in [0.2, 0.25) is 0 Å². The fourth-order valence-electron chi connectivity index (χ4n) is 4.21. The molecule has 0 saturated carbocycles. The molecule has 1 N–H and O–H groups in total. The molecule has 0 bridgehead atoms. The lowest BCUT2D eigenvalue weighted by molar-refractivity contribution is -0.149. The maximum atomic E-state index is 12.2. The average molecular weight is 459 g/mol.